The van der Waals surface area contributed by atoms with Crippen molar-refractivity contribution in [1.82, 2.24) is 0 Å². The highest BCUT2D eigenvalue weighted by Gasteiger charge is 2.19. The van der Waals surface area contributed by atoms with Crippen molar-refractivity contribution in [2.45, 2.75) is 20.1 Å². The standard InChI is InChI=1S/C30H25NO12/c1-19-2-13-27(29(32)33)28(14-19)30(34)42-25-9-5-23(6-10-25)38-18-39-24-7-11-26(12-8-24)43-41-17-21-15-22(31(35)36)4-3-20(21)16-40-37/h2-15,37H,16-18H2,1H3,(H,32,33). The van der Waals surface area contributed by atoms with Crippen LogP contribution in [0.5, 0.6) is 23.0 Å². The van der Waals surface area contributed by atoms with Crippen LogP contribution >= 0.6 is 0 Å². The van der Waals surface area contributed by atoms with E-state index in [4.69, 9.17) is 29.2 Å². The normalized spacial score (nSPS) is 10.6. The number of benzene rings is 4. The number of esters is 1. The molecule has 4 rings (SSSR count). The highest BCUT2D eigenvalue weighted by molar-refractivity contribution is 6.03. The molecule has 43 heavy (non-hydrogen) atoms. The molecule has 4 aromatic rings. The smallest absolute Gasteiger partial charge is 0.344 e. The lowest BCUT2D eigenvalue weighted by Gasteiger charge is -2.11. The summed E-state index contributed by atoms with van der Waals surface area (Å²) < 4.78 is 16.4. The molecule has 0 heterocycles. The molecule has 2 N–H and O–H groups in total. The van der Waals surface area contributed by atoms with Gasteiger partial charge in [-0.05, 0) is 84.8 Å². The number of aromatic carboxylic acids is 1. The van der Waals surface area contributed by atoms with Crippen LogP contribution in [0, 0.1) is 17.0 Å². The van der Waals surface area contributed by atoms with E-state index < -0.39 is 16.9 Å². The fraction of sp³-hybridized carbons (Fsp3) is 0.133. The van der Waals surface area contributed by atoms with Crippen molar-refractivity contribution in [2.24, 2.45) is 0 Å². The molecule has 0 amide bonds. The number of nitro benzene ring substituents is 1. The molecule has 222 valence electrons. The Balaban J connectivity index is 1.23. The summed E-state index contributed by atoms with van der Waals surface area (Å²) in [4.78, 5) is 49.0. The third-order valence-corrected chi connectivity index (χ3v) is 5.92. The van der Waals surface area contributed by atoms with Crippen LogP contribution < -0.4 is 19.1 Å². The van der Waals surface area contributed by atoms with Crippen LogP contribution in [-0.4, -0.2) is 34.0 Å². The number of ether oxygens (including phenoxy) is 3. The predicted octanol–water partition coefficient (Wildman–Crippen LogP) is 5.74. The summed E-state index contributed by atoms with van der Waals surface area (Å²) in [5.41, 5.74) is 1.28. The van der Waals surface area contributed by atoms with Crippen molar-refractivity contribution in [2.75, 3.05) is 6.79 Å². The fourth-order valence-corrected chi connectivity index (χ4v) is 3.77. The summed E-state index contributed by atoms with van der Waals surface area (Å²) in [7, 11) is 0. The second kappa shape index (κ2) is 14.4. The molecule has 0 fully saturated rings. The van der Waals surface area contributed by atoms with Crippen molar-refractivity contribution < 1.29 is 53.7 Å². The summed E-state index contributed by atoms with van der Waals surface area (Å²) in [6, 6.07) is 21.0. The third kappa shape index (κ3) is 8.50. The lowest BCUT2D eigenvalue weighted by atomic mass is 10.0. The van der Waals surface area contributed by atoms with Crippen LogP contribution in [0.15, 0.2) is 84.9 Å². The number of carbonyl (C=O) groups excluding carboxylic acids is 1. The zero-order valence-electron chi connectivity index (χ0n) is 22.6. The van der Waals surface area contributed by atoms with Crippen LogP contribution in [0.3, 0.4) is 0 Å². The molecule has 0 unspecified atom stereocenters. The van der Waals surface area contributed by atoms with Gasteiger partial charge in [-0.25, -0.2) is 14.5 Å². The maximum Gasteiger partial charge on any atom is 0.344 e. The largest absolute Gasteiger partial charge is 0.478 e. The number of nitro groups is 1. The molecule has 0 radical (unpaired) electrons. The van der Waals surface area contributed by atoms with Crippen molar-refractivity contribution in [3.8, 4) is 23.0 Å². The Bertz CT molecular complexity index is 1590. The van der Waals surface area contributed by atoms with E-state index in [0.717, 1.165) is 5.56 Å². The van der Waals surface area contributed by atoms with E-state index in [2.05, 4.69) is 4.89 Å². The maximum atomic E-state index is 12.5. The Labute approximate surface area is 244 Å². The van der Waals surface area contributed by atoms with E-state index in [1.54, 1.807) is 49.4 Å². The molecule has 0 atom stereocenters. The quantitative estimate of drug-likeness (QED) is 0.0455. The molecule has 0 aromatic heterocycles. The minimum atomic E-state index is -1.23. The average Bonchev–Trinajstić information content (AvgIpc) is 2.99. The molecule has 0 bridgehead atoms. The monoisotopic (exact) mass is 591 g/mol. The van der Waals surface area contributed by atoms with E-state index in [-0.39, 0.29) is 42.6 Å². The first-order valence-corrected chi connectivity index (χ1v) is 12.6. The summed E-state index contributed by atoms with van der Waals surface area (Å²) in [5.74, 6) is -0.578. The van der Waals surface area contributed by atoms with Crippen LogP contribution in [0.25, 0.3) is 0 Å². The zero-order chi connectivity index (χ0) is 30.8. The van der Waals surface area contributed by atoms with E-state index in [1.807, 2.05) is 0 Å². The van der Waals surface area contributed by atoms with Crippen molar-refractivity contribution in [1.29, 1.82) is 0 Å². The predicted molar refractivity (Wildman–Crippen MR) is 148 cm³/mol. The van der Waals surface area contributed by atoms with E-state index >= 15 is 0 Å². The summed E-state index contributed by atoms with van der Waals surface area (Å²) in [5, 5.41) is 29.1. The first-order valence-electron chi connectivity index (χ1n) is 12.6. The van der Waals surface area contributed by atoms with Gasteiger partial charge in [0.05, 0.1) is 16.1 Å². The van der Waals surface area contributed by atoms with Gasteiger partial charge in [0.15, 0.2) is 5.75 Å². The first kappa shape index (κ1) is 30.5. The molecule has 0 saturated carbocycles. The highest BCUT2D eigenvalue weighted by Crippen LogP contribution is 2.23. The van der Waals surface area contributed by atoms with Gasteiger partial charge in [0, 0.05) is 12.1 Å². The van der Waals surface area contributed by atoms with Crippen molar-refractivity contribution in [3.05, 3.63) is 123 Å². The molecule has 13 heteroatoms. The van der Waals surface area contributed by atoms with E-state index in [0.29, 0.717) is 28.4 Å². The van der Waals surface area contributed by atoms with Gasteiger partial charge in [0.25, 0.3) is 5.69 Å². The van der Waals surface area contributed by atoms with Gasteiger partial charge in [-0.15, -0.1) is 0 Å². The van der Waals surface area contributed by atoms with Crippen molar-refractivity contribution in [3.63, 3.8) is 0 Å². The SMILES string of the molecule is Cc1ccc(C(=O)O)c(C(=O)Oc2ccc(OCOc3ccc(OOCc4cc([N+](=O)[O-])ccc4COO)cc3)cc2)c1. The van der Waals surface area contributed by atoms with Gasteiger partial charge in [0.1, 0.15) is 30.5 Å². The Morgan fingerprint density at radius 3 is 2.00 bits per heavy atom. The number of hydrogen-bond donors (Lipinski definition) is 2. The van der Waals surface area contributed by atoms with Crippen LogP contribution in [-0.2, 0) is 23.0 Å². The summed E-state index contributed by atoms with van der Waals surface area (Å²) in [6.45, 7) is 1.29. The van der Waals surface area contributed by atoms with Gasteiger partial charge in [-0.3, -0.25) is 15.4 Å². The van der Waals surface area contributed by atoms with Crippen molar-refractivity contribution >= 4 is 17.6 Å². The molecular formula is C30H25NO12. The van der Waals surface area contributed by atoms with Crippen LogP contribution in [0.1, 0.15) is 37.4 Å². The number of rotatable bonds is 14. The molecule has 13 nitrogen and oxygen atoms in total. The average molecular weight is 592 g/mol. The number of non-ortho nitro benzene ring substituents is 1. The molecule has 0 spiro atoms. The third-order valence-electron chi connectivity index (χ3n) is 5.92. The Hall–Kier alpha value is -5.50. The molecule has 0 aliphatic rings. The van der Waals surface area contributed by atoms with Crippen LogP contribution in [0.4, 0.5) is 5.69 Å². The highest BCUT2D eigenvalue weighted by atomic mass is 17.2. The molecule has 0 aliphatic heterocycles. The molecule has 0 saturated heterocycles. The lowest BCUT2D eigenvalue weighted by molar-refractivity contribution is -0.385. The molecule has 0 aliphatic carbocycles. The Kier molecular flexibility index (Phi) is 10.2. The molecular weight excluding hydrogens is 566 g/mol. The number of carbonyl (C=O) groups is 2. The minimum Gasteiger partial charge on any atom is -0.478 e. The summed E-state index contributed by atoms with van der Waals surface area (Å²) in [6.07, 6.45) is 0. The van der Waals surface area contributed by atoms with Gasteiger partial charge in [-0.1, -0.05) is 11.6 Å². The van der Waals surface area contributed by atoms with E-state index in [9.17, 15) is 24.8 Å². The number of hydrogen-bond acceptors (Lipinski definition) is 11. The second-order valence-electron chi connectivity index (χ2n) is 8.92. The number of carboxylic acids is 1. The number of carboxylic acid groups (broad SMARTS) is 1. The first-order chi connectivity index (χ1) is 20.7. The topological polar surface area (TPSA) is 173 Å². The number of aryl methyl sites for hydroxylation is 1. The number of nitrogens with zero attached hydrogens (tertiary/aromatic N) is 1. The van der Waals surface area contributed by atoms with Gasteiger partial charge < -0.3 is 24.2 Å². The molecule has 4 aromatic carbocycles. The Morgan fingerprint density at radius 1 is 0.767 bits per heavy atom. The second-order valence-corrected chi connectivity index (χ2v) is 8.92. The summed E-state index contributed by atoms with van der Waals surface area (Å²) >= 11 is 0. The van der Waals surface area contributed by atoms with E-state index in [1.165, 1.54) is 42.5 Å². The van der Waals surface area contributed by atoms with Gasteiger partial charge in [0.2, 0.25) is 6.79 Å². The van der Waals surface area contributed by atoms with Crippen LogP contribution in [0.2, 0.25) is 0 Å². The van der Waals surface area contributed by atoms with Gasteiger partial charge >= 0.3 is 11.9 Å². The maximum absolute atomic E-state index is 12.5. The minimum absolute atomic E-state index is 0.0472. The lowest BCUT2D eigenvalue weighted by Crippen LogP contribution is -2.14. The fourth-order valence-electron chi connectivity index (χ4n) is 3.77. The van der Waals surface area contributed by atoms with Gasteiger partial charge in [-0.2, -0.15) is 4.89 Å². The Morgan fingerprint density at radius 2 is 1.40 bits per heavy atom. The zero-order valence-corrected chi connectivity index (χ0v) is 22.6.